The molecule has 2 aliphatic rings. The van der Waals surface area contributed by atoms with Crippen molar-refractivity contribution in [3.05, 3.63) is 29.3 Å². The molecule has 6 nitrogen and oxygen atoms in total. The molecular formula is C18H24N2O4. The minimum Gasteiger partial charge on any atom is -0.347 e. The number of amides is 2. The molecule has 1 saturated heterocycles. The summed E-state index contributed by atoms with van der Waals surface area (Å²) in [6.07, 6.45) is 3.84. The first-order chi connectivity index (χ1) is 11.5. The molecule has 0 radical (unpaired) electrons. The summed E-state index contributed by atoms with van der Waals surface area (Å²) in [4.78, 5) is 24.1. The Hall–Kier alpha value is -1.92. The highest BCUT2D eigenvalue weighted by atomic mass is 16.7. The summed E-state index contributed by atoms with van der Waals surface area (Å²) in [7, 11) is 0. The summed E-state index contributed by atoms with van der Waals surface area (Å²) in [5.41, 5.74) is 2.53. The molecule has 1 heterocycles. The lowest BCUT2D eigenvalue weighted by Crippen LogP contribution is -2.41. The number of para-hydroxylation sites is 1. The fraction of sp³-hybridized carbons (Fsp3) is 0.556. The van der Waals surface area contributed by atoms with Gasteiger partial charge in [-0.15, -0.1) is 0 Å². The Morgan fingerprint density at radius 1 is 1.17 bits per heavy atom. The maximum absolute atomic E-state index is 12.1. The van der Waals surface area contributed by atoms with E-state index in [1.165, 1.54) is 0 Å². The normalized spacial score (nSPS) is 21.8. The highest BCUT2D eigenvalue weighted by Crippen LogP contribution is 2.38. The molecule has 1 saturated carbocycles. The van der Waals surface area contributed by atoms with Gasteiger partial charge in [-0.1, -0.05) is 18.2 Å². The number of anilines is 1. The molecule has 2 N–H and O–H groups in total. The van der Waals surface area contributed by atoms with Crippen LogP contribution < -0.4 is 10.6 Å². The van der Waals surface area contributed by atoms with Crippen LogP contribution in [0.5, 0.6) is 0 Å². The molecule has 0 unspecified atom stereocenters. The van der Waals surface area contributed by atoms with Crippen LogP contribution in [-0.2, 0) is 19.1 Å². The van der Waals surface area contributed by atoms with Crippen molar-refractivity contribution >= 4 is 17.5 Å². The van der Waals surface area contributed by atoms with E-state index in [1.807, 2.05) is 32.0 Å². The quantitative estimate of drug-likeness (QED) is 0.831. The molecule has 2 fully saturated rings. The Morgan fingerprint density at radius 3 is 2.50 bits per heavy atom. The van der Waals surface area contributed by atoms with Gasteiger partial charge >= 0.3 is 11.8 Å². The zero-order chi connectivity index (χ0) is 17.2. The molecule has 1 aromatic rings. The van der Waals surface area contributed by atoms with Crippen LogP contribution in [0.1, 0.15) is 36.8 Å². The molecule has 1 aliphatic heterocycles. The van der Waals surface area contributed by atoms with E-state index in [0.717, 1.165) is 36.8 Å². The Morgan fingerprint density at radius 2 is 1.83 bits per heavy atom. The molecule has 0 aromatic heterocycles. The van der Waals surface area contributed by atoms with E-state index < -0.39 is 17.6 Å². The topological polar surface area (TPSA) is 76.7 Å². The number of carbonyl (C=O) groups is 2. The SMILES string of the molecule is Cc1cccc(C)c1NC(=O)C(=O)NC[C@H]1COC2(CCCC2)O1. The van der Waals surface area contributed by atoms with Gasteiger partial charge in [0, 0.05) is 25.1 Å². The lowest BCUT2D eigenvalue weighted by atomic mass is 10.1. The number of rotatable bonds is 3. The Balaban J connectivity index is 1.49. The standard InChI is InChI=1S/C18H24N2O4/c1-12-6-5-7-13(2)15(12)20-17(22)16(21)19-10-14-11-23-18(24-14)8-3-4-9-18/h5-7,14H,3-4,8-11H2,1-2H3,(H,19,21)(H,20,22)/t14-/m0/s1. The van der Waals surface area contributed by atoms with Crippen LogP contribution in [-0.4, -0.2) is 36.9 Å². The third-order valence-corrected chi connectivity index (χ3v) is 4.70. The number of benzene rings is 1. The van der Waals surface area contributed by atoms with Crippen molar-refractivity contribution in [3.63, 3.8) is 0 Å². The summed E-state index contributed by atoms with van der Waals surface area (Å²) < 4.78 is 11.7. The van der Waals surface area contributed by atoms with Crippen LogP contribution in [0.4, 0.5) is 5.69 Å². The molecule has 2 amide bonds. The predicted molar refractivity (Wildman–Crippen MR) is 89.6 cm³/mol. The lowest BCUT2D eigenvalue weighted by molar-refractivity contribution is -0.161. The second kappa shape index (κ2) is 6.91. The van der Waals surface area contributed by atoms with E-state index in [0.29, 0.717) is 12.3 Å². The number of ether oxygens (including phenoxy) is 2. The third-order valence-electron chi connectivity index (χ3n) is 4.70. The van der Waals surface area contributed by atoms with Crippen LogP contribution >= 0.6 is 0 Å². The van der Waals surface area contributed by atoms with Crippen molar-refractivity contribution in [2.75, 3.05) is 18.5 Å². The molecule has 1 aliphatic carbocycles. The smallest absolute Gasteiger partial charge is 0.313 e. The van der Waals surface area contributed by atoms with Gasteiger partial charge in [-0.25, -0.2) is 0 Å². The van der Waals surface area contributed by atoms with Crippen LogP contribution in [0.3, 0.4) is 0 Å². The zero-order valence-corrected chi connectivity index (χ0v) is 14.2. The van der Waals surface area contributed by atoms with E-state index in [4.69, 9.17) is 9.47 Å². The van der Waals surface area contributed by atoms with E-state index >= 15 is 0 Å². The number of hydrogen-bond donors (Lipinski definition) is 2. The molecule has 1 atom stereocenters. The van der Waals surface area contributed by atoms with Gasteiger partial charge < -0.3 is 20.1 Å². The van der Waals surface area contributed by atoms with Crippen LogP contribution in [0, 0.1) is 13.8 Å². The first kappa shape index (κ1) is 16.9. The van der Waals surface area contributed by atoms with Gasteiger partial charge in [-0.3, -0.25) is 9.59 Å². The first-order valence-electron chi connectivity index (χ1n) is 8.46. The van der Waals surface area contributed by atoms with Crippen LogP contribution in [0.25, 0.3) is 0 Å². The summed E-state index contributed by atoms with van der Waals surface area (Å²) in [6.45, 7) is 4.52. The van der Waals surface area contributed by atoms with Gasteiger partial charge in [0.15, 0.2) is 5.79 Å². The van der Waals surface area contributed by atoms with Crippen molar-refractivity contribution in [1.82, 2.24) is 5.32 Å². The lowest BCUT2D eigenvalue weighted by Gasteiger charge is -2.21. The number of aryl methyl sites for hydroxylation is 2. The fourth-order valence-corrected chi connectivity index (χ4v) is 3.36. The van der Waals surface area contributed by atoms with Gasteiger partial charge in [0.25, 0.3) is 0 Å². The van der Waals surface area contributed by atoms with Crippen molar-refractivity contribution in [2.24, 2.45) is 0 Å². The van der Waals surface area contributed by atoms with Gasteiger partial charge in [0.1, 0.15) is 6.10 Å². The monoisotopic (exact) mass is 332 g/mol. The largest absolute Gasteiger partial charge is 0.347 e. The summed E-state index contributed by atoms with van der Waals surface area (Å²) in [5, 5.41) is 5.31. The van der Waals surface area contributed by atoms with E-state index in [9.17, 15) is 9.59 Å². The summed E-state index contributed by atoms with van der Waals surface area (Å²) in [5.74, 6) is -1.77. The Bertz CT molecular complexity index is 618. The van der Waals surface area contributed by atoms with Gasteiger partial charge in [0.05, 0.1) is 6.61 Å². The maximum atomic E-state index is 12.1. The van der Waals surface area contributed by atoms with Gasteiger partial charge in [-0.05, 0) is 37.8 Å². The molecule has 6 heteroatoms. The fourth-order valence-electron chi connectivity index (χ4n) is 3.36. The van der Waals surface area contributed by atoms with Crippen molar-refractivity contribution in [2.45, 2.75) is 51.4 Å². The number of carbonyl (C=O) groups excluding carboxylic acids is 2. The third kappa shape index (κ3) is 3.60. The second-order valence-electron chi connectivity index (χ2n) is 6.60. The van der Waals surface area contributed by atoms with E-state index in [2.05, 4.69) is 10.6 Å². The molecule has 1 aromatic carbocycles. The first-order valence-corrected chi connectivity index (χ1v) is 8.46. The average molecular weight is 332 g/mol. The van der Waals surface area contributed by atoms with Gasteiger partial charge in [0.2, 0.25) is 0 Å². The molecule has 3 rings (SSSR count). The second-order valence-corrected chi connectivity index (χ2v) is 6.60. The average Bonchev–Trinajstić information content (AvgIpc) is 3.19. The van der Waals surface area contributed by atoms with Gasteiger partial charge in [-0.2, -0.15) is 0 Å². The summed E-state index contributed by atoms with van der Waals surface area (Å²) >= 11 is 0. The van der Waals surface area contributed by atoms with Crippen molar-refractivity contribution < 1.29 is 19.1 Å². The Labute approximate surface area is 141 Å². The molecule has 130 valence electrons. The van der Waals surface area contributed by atoms with Crippen molar-refractivity contribution in [3.8, 4) is 0 Å². The number of nitrogens with one attached hydrogen (secondary N) is 2. The Kier molecular flexibility index (Phi) is 4.87. The van der Waals surface area contributed by atoms with Crippen LogP contribution in [0.2, 0.25) is 0 Å². The zero-order valence-electron chi connectivity index (χ0n) is 14.2. The maximum Gasteiger partial charge on any atom is 0.313 e. The molecule has 0 bridgehead atoms. The number of hydrogen-bond acceptors (Lipinski definition) is 4. The van der Waals surface area contributed by atoms with E-state index in [-0.39, 0.29) is 12.6 Å². The minimum absolute atomic E-state index is 0.194. The highest BCUT2D eigenvalue weighted by Gasteiger charge is 2.43. The van der Waals surface area contributed by atoms with E-state index in [1.54, 1.807) is 0 Å². The molecule has 1 spiro atoms. The van der Waals surface area contributed by atoms with Crippen molar-refractivity contribution in [1.29, 1.82) is 0 Å². The molecular weight excluding hydrogens is 308 g/mol. The highest BCUT2D eigenvalue weighted by molar-refractivity contribution is 6.39. The predicted octanol–water partition coefficient (Wildman–Crippen LogP) is 2.04. The summed E-state index contributed by atoms with van der Waals surface area (Å²) in [6, 6.07) is 5.70. The van der Waals surface area contributed by atoms with Crippen LogP contribution in [0.15, 0.2) is 18.2 Å². The molecule has 24 heavy (non-hydrogen) atoms. The minimum atomic E-state index is -0.665.